The zero-order valence-corrected chi connectivity index (χ0v) is 28.2. The van der Waals surface area contributed by atoms with Crippen LogP contribution in [0.5, 0.6) is 5.75 Å². The summed E-state index contributed by atoms with van der Waals surface area (Å²) in [5.74, 6) is 0.862. The van der Waals surface area contributed by atoms with Crippen LogP contribution in [0.1, 0.15) is 46.7 Å². The summed E-state index contributed by atoms with van der Waals surface area (Å²) in [5, 5.41) is 15.1. The highest BCUT2D eigenvalue weighted by molar-refractivity contribution is 5.97. The fraction of sp³-hybridized carbons (Fsp3) is 0.324. The second-order valence-electron chi connectivity index (χ2n) is 12.8. The number of hydrogen-bond donors (Lipinski definition) is 1. The molecule has 4 heterocycles. The van der Waals surface area contributed by atoms with Crippen molar-refractivity contribution in [1.82, 2.24) is 39.6 Å². The van der Waals surface area contributed by atoms with Gasteiger partial charge in [-0.25, -0.2) is 14.1 Å². The van der Waals surface area contributed by atoms with Gasteiger partial charge in [-0.05, 0) is 90.3 Å². The highest BCUT2D eigenvalue weighted by Crippen LogP contribution is 2.28. The van der Waals surface area contributed by atoms with Crippen molar-refractivity contribution < 1.29 is 18.3 Å². The fourth-order valence-corrected chi connectivity index (χ4v) is 6.74. The van der Waals surface area contributed by atoms with E-state index in [-0.39, 0.29) is 17.6 Å². The number of halogens is 1. The molecule has 7 rings (SSSR count). The number of carbonyl (C=O) groups is 1. The number of hydrogen-bond acceptors (Lipinski definition) is 9. The number of imidazole rings is 1. The van der Waals surface area contributed by atoms with Gasteiger partial charge in [0.15, 0.2) is 0 Å². The summed E-state index contributed by atoms with van der Waals surface area (Å²) in [6, 6.07) is 22.4. The summed E-state index contributed by atoms with van der Waals surface area (Å²) in [7, 11) is 3.33. The second-order valence-corrected chi connectivity index (χ2v) is 12.8. The number of likely N-dealkylation sites (N-methyl/N-ethyl adjacent to an activating group) is 1. The molecule has 12 nitrogen and oxygen atoms in total. The summed E-state index contributed by atoms with van der Waals surface area (Å²) in [5.41, 5.74) is 5.19. The van der Waals surface area contributed by atoms with E-state index in [2.05, 4.69) is 36.4 Å². The molecular weight excluding hydrogens is 637 g/mol. The Bertz CT molecular complexity index is 2000. The van der Waals surface area contributed by atoms with Crippen LogP contribution in [0.25, 0.3) is 16.7 Å². The van der Waals surface area contributed by atoms with E-state index in [1.54, 1.807) is 49.8 Å². The van der Waals surface area contributed by atoms with Crippen molar-refractivity contribution in [2.24, 2.45) is 0 Å². The van der Waals surface area contributed by atoms with Gasteiger partial charge in [-0.3, -0.25) is 4.79 Å². The molecule has 258 valence electrons. The van der Waals surface area contributed by atoms with E-state index in [1.165, 1.54) is 23.1 Å². The molecule has 1 atom stereocenters. The van der Waals surface area contributed by atoms with Crippen LogP contribution >= 0.6 is 0 Å². The Morgan fingerprint density at radius 3 is 2.66 bits per heavy atom. The smallest absolute Gasteiger partial charge is 0.257 e. The first-order chi connectivity index (χ1) is 24.4. The third-order valence-electron chi connectivity index (χ3n) is 9.50. The Hall–Kier alpha value is -5.56. The normalized spacial score (nSPS) is 14.5. The number of ether oxygens (including phenoxy) is 1. The minimum absolute atomic E-state index is 0.00285. The van der Waals surface area contributed by atoms with Gasteiger partial charge in [-0.1, -0.05) is 24.3 Å². The molecule has 50 heavy (non-hydrogen) atoms. The molecule has 1 aliphatic heterocycles. The fourth-order valence-electron chi connectivity index (χ4n) is 6.74. The standard InChI is InChI=1S/C37H40FN9O3/c1-44(36(48)32-21-31(11-12-35(32)49-2)47-25-39-42-43-47)23-28(27-7-9-29(38)10-8-27)13-17-45-18-14-30(15-19-45)40-37-41-33-5-3-4-6-34(33)46(37)22-26-16-20-50-24-26/h3-12,16,20-21,24-25,28,30H,13-15,17-19,22-23H2,1-2H3,(H,40,41). The summed E-state index contributed by atoms with van der Waals surface area (Å²) in [6.45, 7) is 3.86. The predicted molar refractivity (Wildman–Crippen MR) is 187 cm³/mol. The molecule has 1 amide bonds. The van der Waals surface area contributed by atoms with Crippen LogP contribution < -0.4 is 10.1 Å². The third kappa shape index (κ3) is 7.37. The van der Waals surface area contributed by atoms with Crippen LogP contribution in [-0.4, -0.2) is 91.8 Å². The highest BCUT2D eigenvalue weighted by Gasteiger charge is 2.25. The van der Waals surface area contributed by atoms with Crippen molar-refractivity contribution >= 4 is 22.9 Å². The summed E-state index contributed by atoms with van der Waals surface area (Å²) >= 11 is 0. The van der Waals surface area contributed by atoms with Gasteiger partial charge >= 0.3 is 0 Å². The number of furan rings is 1. The van der Waals surface area contributed by atoms with E-state index in [4.69, 9.17) is 14.1 Å². The number of piperidine rings is 1. The molecule has 13 heteroatoms. The van der Waals surface area contributed by atoms with Crippen LogP contribution in [0.2, 0.25) is 0 Å². The van der Waals surface area contributed by atoms with Crippen molar-refractivity contribution in [3.8, 4) is 11.4 Å². The average Bonchev–Trinajstić information content (AvgIpc) is 3.94. The lowest BCUT2D eigenvalue weighted by atomic mass is 9.94. The maximum Gasteiger partial charge on any atom is 0.257 e. The van der Waals surface area contributed by atoms with Gasteiger partial charge < -0.3 is 28.8 Å². The molecule has 1 unspecified atom stereocenters. The van der Waals surface area contributed by atoms with Crippen LogP contribution in [0, 0.1) is 5.82 Å². The van der Waals surface area contributed by atoms with E-state index in [9.17, 15) is 9.18 Å². The number of fused-ring (bicyclic) bond motifs is 1. The molecular formula is C37H40FN9O3. The van der Waals surface area contributed by atoms with E-state index >= 15 is 0 Å². The molecule has 1 aliphatic rings. The number of amides is 1. The number of nitrogens with zero attached hydrogens (tertiary/aromatic N) is 8. The van der Waals surface area contributed by atoms with E-state index in [0.717, 1.165) is 67.0 Å². The largest absolute Gasteiger partial charge is 0.496 e. The minimum Gasteiger partial charge on any atom is -0.496 e. The number of benzene rings is 3. The topological polar surface area (TPSA) is 119 Å². The van der Waals surface area contributed by atoms with Gasteiger partial charge in [0.05, 0.1) is 48.5 Å². The lowest BCUT2D eigenvalue weighted by Gasteiger charge is -2.34. The molecule has 1 N–H and O–H groups in total. The van der Waals surface area contributed by atoms with Gasteiger partial charge in [-0.15, -0.1) is 5.10 Å². The monoisotopic (exact) mass is 677 g/mol. The number of aromatic nitrogens is 6. The number of anilines is 1. The zero-order valence-electron chi connectivity index (χ0n) is 28.2. The molecule has 3 aromatic carbocycles. The molecule has 3 aromatic heterocycles. The third-order valence-corrected chi connectivity index (χ3v) is 9.50. The SMILES string of the molecule is COc1ccc(-n2cnnn2)cc1C(=O)N(C)CC(CCN1CCC(Nc2nc3ccccc3n2Cc2ccoc2)CC1)c1ccc(F)cc1. The van der Waals surface area contributed by atoms with Crippen molar-refractivity contribution in [1.29, 1.82) is 0 Å². The van der Waals surface area contributed by atoms with Crippen molar-refractivity contribution in [3.63, 3.8) is 0 Å². The molecule has 0 bridgehead atoms. The summed E-state index contributed by atoms with van der Waals surface area (Å²) in [6.07, 6.45) is 7.71. The maximum atomic E-state index is 13.9. The van der Waals surface area contributed by atoms with Gasteiger partial charge in [0.2, 0.25) is 5.95 Å². The highest BCUT2D eigenvalue weighted by atomic mass is 19.1. The Labute approximate surface area is 289 Å². The summed E-state index contributed by atoms with van der Waals surface area (Å²) in [4.78, 5) is 22.9. The van der Waals surface area contributed by atoms with Crippen molar-refractivity contribution in [2.45, 2.75) is 37.8 Å². The number of rotatable bonds is 13. The number of para-hydroxylation sites is 2. The van der Waals surface area contributed by atoms with Crippen LogP contribution in [0.15, 0.2) is 96.1 Å². The molecule has 0 spiro atoms. The number of nitrogens with one attached hydrogen (secondary N) is 1. The van der Waals surface area contributed by atoms with E-state index in [0.29, 0.717) is 36.1 Å². The van der Waals surface area contributed by atoms with E-state index in [1.807, 2.05) is 36.4 Å². The molecule has 0 aliphatic carbocycles. The lowest BCUT2D eigenvalue weighted by Crippen LogP contribution is -2.40. The summed E-state index contributed by atoms with van der Waals surface area (Å²) < 4.78 is 28.5. The Morgan fingerprint density at radius 1 is 1.10 bits per heavy atom. The first-order valence-electron chi connectivity index (χ1n) is 16.8. The van der Waals surface area contributed by atoms with Crippen molar-refractivity contribution in [3.05, 3.63) is 114 Å². The first kappa shape index (κ1) is 33.0. The Balaban J connectivity index is 0.999. The molecule has 0 radical (unpaired) electrons. The van der Waals surface area contributed by atoms with E-state index < -0.39 is 0 Å². The Morgan fingerprint density at radius 2 is 1.92 bits per heavy atom. The van der Waals surface area contributed by atoms with Crippen LogP contribution in [0.4, 0.5) is 10.3 Å². The predicted octanol–water partition coefficient (Wildman–Crippen LogP) is 5.62. The van der Waals surface area contributed by atoms with Crippen molar-refractivity contribution in [2.75, 3.05) is 45.7 Å². The second kappa shape index (κ2) is 14.9. The van der Waals surface area contributed by atoms with Gasteiger partial charge in [0.25, 0.3) is 5.91 Å². The number of methoxy groups -OCH3 is 1. The van der Waals surface area contributed by atoms with Crippen LogP contribution in [-0.2, 0) is 6.54 Å². The van der Waals surface area contributed by atoms with Gasteiger partial charge in [-0.2, -0.15) is 0 Å². The minimum atomic E-state index is -0.283. The molecule has 1 fully saturated rings. The van der Waals surface area contributed by atoms with Crippen LogP contribution in [0.3, 0.4) is 0 Å². The Kier molecular flexibility index (Phi) is 9.83. The number of likely N-dealkylation sites (tertiary alicyclic amines) is 1. The van der Waals surface area contributed by atoms with Gasteiger partial charge in [0, 0.05) is 44.2 Å². The molecule has 6 aromatic rings. The quantitative estimate of drug-likeness (QED) is 0.166. The van der Waals surface area contributed by atoms with Gasteiger partial charge in [0.1, 0.15) is 17.9 Å². The average molecular weight is 678 g/mol. The number of carbonyl (C=O) groups excluding carboxylic acids is 1. The maximum absolute atomic E-state index is 13.9. The zero-order chi connectivity index (χ0) is 34.5. The number of tetrazole rings is 1. The molecule has 0 saturated carbocycles. The first-order valence-corrected chi connectivity index (χ1v) is 16.8. The molecule has 1 saturated heterocycles. The lowest BCUT2D eigenvalue weighted by molar-refractivity contribution is 0.0778.